The molecule has 0 saturated heterocycles. The maximum absolute atomic E-state index is 12.6. The van der Waals surface area contributed by atoms with Gasteiger partial charge in [-0.3, -0.25) is 0 Å². The quantitative estimate of drug-likeness (QED) is 0.792. The van der Waals surface area contributed by atoms with Crippen molar-refractivity contribution in [2.45, 2.75) is 47.5 Å². The molecule has 0 N–H and O–H groups in total. The summed E-state index contributed by atoms with van der Waals surface area (Å²) in [5.74, 6) is 0. The fraction of sp³-hybridized carbons (Fsp3) is 0.667. The van der Waals surface area contributed by atoms with Gasteiger partial charge in [-0.1, -0.05) is 18.2 Å². The molecule has 0 amide bonds. The van der Waals surface area contributed by atoms with E-state index in [1.54, 1.807) is 0 Å². The third-order valence-corrected chi connectivity index (χ3v) is 6.19. The largest absolute Gasteiger partial charge is 0.433 e. The number of thioether (sulfide) groups is 1. The second kappa shape index (κ2) is 6.12. The van der Waals surface area contributed by atoms with Gasteiger partial charge in [0.15, 0.2) is 5.16 Å². The van der Waals surface area contributed by atoms with E-state index in [0.717, 1.165) is 36.9 Å². The monoisotopic (exact) mass is 340 g/mol. The molecule has 0 radical (unpaired) electrons. The van der Waals surface area contributed by atoms with Crippen LogP contribution >= 0.6 is 11.8 Å². The standard InChI is InChI=1S/C12H15F3N2O2S2/c1-21(18,19)9-4-2-3-8(7-9)20-11-16-6-5-10(17-11)12(13,14)15/h5-6,8-9H,2-4,7H2,1H3/t8-,9+/m1/s1. The first-order valence-corrected chi connectivity index (χ1v) is 9.25. The molecule has 0 spiro atoms. The summed E-state index contributed by atoms with van der Waals surface area (Å²) in [6.07, 6.45) is 0.327. The van der Waals surface area contributed by atoms with Crippen molar-refractivity contribution < 1.29 is 21.6 Å². The lowest BCUT2D eigenvalue weighted by Gasteiger charge is -2.26. The predicted octanol–water partition coefficient (Wildman–Crippen LogP) is 2.94. The lowest BCUT2D eigenvalue weighted by molar-refractivity contribution is -0.141. The predicted molar refractivity (Wildman–Crippen MR) is 73.8 cm³/mol. The molecule has 9 heteroatoms. The second-order valence-electron chi connectivity index (χ2n) is 5.08. The number of alkyl halides is 3. The van der Waals surface area contributed by atoms with Crippen LogP contribution in [0.15, 0.2) is 17.4 Å². The molecule has 0 bridgehead atoms. The van der Waals surface area contributed by atoms with E-state index in [4.69, 9.17) is 0 Å². The van der Waals surface area contributed by atoms with E-state index < -0.39 is 27.0 Å². The van der Waals surface area contributed by atoms with Crippen LogP contribution in [-0.4, -0.2) is 35.1 Å². The minimum Gasteiger partial charge on any atom is -0.231 e. The fourth-order valence-electron chi connectivity index (χ4n) is 2.30. The SMILES string of the molecule is CS(=O)(=O)[C@H]1CCC[C@@H](Sc2nccc(C(F)(F)F)n2)C1. The Balaban J connectivity index is 2.08. The van der Waals surface area contributed by atoms with Gasteiger partial charge in [0.05, 0.1) is 5.25 Å². The molecule has 2 atom stereocenters. The molecule has 1 aromatic rings. The minimum absolute atomic E-state index is 0.0453. The van der Waals surface area contributed by atoms with Crippen LogP contribution in [-0.2, 0) is 16.0 Å². The summed E-state index contributed by atoms with van der Waals surface area (Å²) in [5, 5.41) is -0.444. The minimum atomic E-state index is -4.50. The molecule has 118 valence electrons. The van der Waals surface area contributed by atoms with Gasteiger partial charge < -0.3 is 0 Å². The van der Waals surface area contributed by atoms with Crippen LogP contribution in [0.3, 0.4) is 0 Å². The lowest BCUT2D eigenvalue weighted by atomic mass is 10.00. The molecule has 1 aliphatic carbocycles. The Morgan fingerprint density at radius 1 is 1.33 bits per heavy atom. The Morgan fingerprint density at radius 2 is 2.05 bits per heavy atom. The summed E-state index contributed by atoms with van der Waals surface area (Å²) < 4.78 is 60.9. The highest BCUT2D eigenvalue weighted by Gasteiger charge is 2.34. The molecular formula is C12H15F3N2O2S2. The zero-order valence-corrected chi connectivity index (χ0v) is 12.9. The van der Waals surface area contributed by atoms with Crippen molar-refractivity contribution >= 4 is 21.6 Å². The molecule has 1 heterocycles. The molecule has 1 aliphatic rings. The maximum Gasteiger partial charge on any atom is 0.433 e. The molecule has 0 unspecified atom stereocenters. The molecule has 0 aromatic carbocycles. The van der Waals surface area contributed by atoms with Crippen LogP contribution in [0.5, 0.6) is 0 Å². The number of aromatic nitrogens is 2. The van der Waals surface area contributed by atoms with Crippen LogP contribution in [0.1, 0.15) is 31.4 Å². The van der Waals surface area contributed by atoms with Crippen molar-refractivity contribution in [3.05, 3.63) is 18.0 Å². The van der Waals surface area contributed by atoms with Gasteiger partial charge in [-0.05, 0) is 25.3 Å². The van der Waals surface area contributed by atoms with Gasteiger partial charge >= 0.3 is 6.18 Å². The fourth-order valence-corrected chi connectivity index (χ4v) is 4.79. The summed E-state index contributed by atoms with van der Waals surface area (Å²) >= 11 is 1.13. The Morgan fingerprint density at radius 3 is 2.67 bits per heavy atom. The smallest absolute Gasteiger partial charge is 0.231 e. The van der Waals surface area contributed by atoms with Crippen LogP contribution in [0.4, 0.5) is 13.2 Å². The van der Waals surface area contributed by atoms with Crippen molar-refractivity contribution in [1.29, 1.82) is 0 Å². The summed E-state index contributed by atoms with van der Waals surface area (Å²) in [6, 6.07) is 0.824. The zero-order chi connectivity index (χ0) is 15.7. The maximum atomic E-state index is 12.6. The Labute approximate surface area is 125 Å². The van der Waals surface area contributed by atoms with E-state index >= 15 is 0 Å². The summed E-state index contributed by atoms with van der Waals surface area (Å²) in [6.45, 7) is 0. The van der Waals surface area contributed by atoms with Gasteiger partial charge in [-0.25, -0.2) is 18.4 Å². The summed E-state index contributed by atoms with van der Waals surface area (Å²) in [4.78, 5) is 7.34. The van der Waals surface area contributed by atoms with Crippen molar-refractivity contribution in [3.63, 3.8) is 0 Å². The summed E-state index contributed by atoms with van der Waals surface area (Å²) in [7, 11) is -3.12. The summed E-state index contributed by atoms with van der Waals surface area (Å²) in [5.41, 5.74) is -0.976. The molecule has 1 fully saturated rings. The molecule has 4 nitrogen and oxygen atoms in total. The van der Waals surface area contributed by atoms with Crippen molar-refractivity contribution in [3.8, 4) is 0 Å². The van der Waals surface area contributed by atoms with E-state index in [0.29, 0.717) is 12.8 Å². The van der Waals surface area contributed by atoms with E-state index in [2.05, 4.69) is 9.97 Å². The first-order chi connectivity index (χ1) is 9.66. The van der Waals surface area contributed by atoms with E-state index in [9.17, 15) is 21.6 Å². The first-order valence-electron chi connectivity index (χ1n) is 6.42. The number of halogens is 3. The normalized spacial score (nSPS) is 24.0. The Bertz CT molecular complexity index is 605. The molecule has 21 heavy (non-hydrogen) atoms. The van der Waals surface area contributed by atoms with E-state index in [-0.39, 0.29) is 10.4 Å². The van der Waals surface area contributed by atoms with Gasteiger partial charge in [-0.15, -0.1) is 0 Å². The van der Waals surface area contributed by atoms with Gasteiger partial charge in [0.1, 0.15) is 15.5 Å². The van der Waals surface area contributed by atoms with Gasteiger partial charge in [-0.2, -0.15) is 13.2 Å². The van der Waals surface area contributed by atoms with Crippen LogP contribution < -0.4 is 0 Å². The van der Waals surface area contributed by atoms with Crippen molar-refractivity contribution in [2.24, 2.45) is 0 Å². The number of nitrogens with zero attached hydrogens (tertiary/aromatic N) is 2. The number of hydrogen-bond acceptors (Lipinski definition) is 5. The molecule has 2 rings (SSSR count). The topological polar surface area (TPSA) is 59.9 Å². The number of sulfone groups is 1. The number of rotatable bonds is 3. The van der Waals surface area contributed by atoms with Crippen LogP contribution in [0.2, 0.25) is 0 Å². The van der Waals surface area contributed by atoms with Gasteiger partial charge in [0, 0.05) is 17.7 Å². The Kier molecular flexibility index (Phi) is 4.82. The first kappa shape index (κ1) is 16.5. The average molecular weight is 340 g/mol. The second-order valence-corrected chi connectivity index (χ2v) is 8.67. The average Bonchev–Trinajstić information content (AvgIpc) is 2.37. The van der Waals surface area contributed by atoms with Crippen LogP contribution in [0, 0.1) is 0 Å². The highest BCUT2D eigenvalue weighted by Crippen LogP contribution is 2.35. The van der Waals surface area contributed by atoms with Crippen molar-refractivity contribution in [2.75, 3.05) is 6.26 Å². The Hall–Kier alpha value is -0.830. The molecular weight excluding hydrogens is 325 g/mol. The highest BCUT2D eigenvalue weighted by molar-refractivity contribution is 7.99. The van der Waals surface area contributed by atoms with Gasteiger partial charge in [0.25, 0.3) is 0 Å². The zero-order valence-electron chi connectivity index (χ0n) is 11.3. The van der Waals surface area contributed by atoms with E-state index in [1.165, 1.54) is 6.26 Å². The third kappa shape index (κ3) is 4.57. The molecule has 0 aliphatic heterocycles. The van der Waals surface area contributed by atoms with Crippen LogP contribution in [0.25, 0.3) is 0 Å². The number of hydrogen-bond donors (Lipinski definition) is 0. The third-order valence-electron chi connectivity index (χ3n) is 3.38. The highest BCUT2D eigenvalue weighted by atomic mass is 32.2. The molecule has 1 aromatic heterocycles. The van der Waals surface area contributed by atoms with Crippen molar-refractivity contribution in [1.82, 2.24) is 9.97 Å². The van der Waals surface area contributed by atoms with Gasteiger partial charge in [0.2, 0.25) is 0 Å². The molecule has 1 saturated carbocycles. The lowest BCUT2D eigenvalue weighted by Crippen LogP contribution is -2.28. The van der Waals surface area contributed by atoms with E-state index in [1.807, 2.05) is 0 Å².